The number of nitrogens with zero attached hydrogens (tertiary/aromatic N) is 2. The van der Waals surface area contributed by atoms with Gasteiger partial charge < -0.3 is 4.90 Å². The van der Waals surface area contributed by atoms with E-state index in [0.29, 0.717) is 0 Å². The Hall–Kier alpha value is -3.13. The first kappa shape index (κ1) is 15.9. The number of aromatic nitrogens is 1. The van der Waals surface area contributed by atoms with Crippen molar-refractivity contribution in [3.8, 4) is 11.3 Å². The number of hydrogen-bond donors (Lipinski definition) is 0. The van der Waals surface area contributed by atoms with E-state index in [1.807, 2.05) is 0 Å². The Kier molecular flexibility index (Phi) is 2.85. The minimum Gasteiger partial charge on any atom is -0.308 e. The van der Waals surface area contributed by atoms with Gasteiger partial charge in [0.25, 0.3) is 0 Å². The molecule has 0 spiro atoms. The zero-order valence-corrected chi connectivity index (χ0v) is 16.7. The first-order valence-corrected chi connectivity index (χ1v) is 9.95. The van der Waals surface area contributed by atoms with Crippen molar-refractivity contribution < 1.29 is 4.57 Å². The molecule has 0 saturated carbocycles. The molecule has 0 bridgehead atoms. The number of para-hydroxylation sites is 1. The minimum atomic E-state index is -0.0381. The number of benzene rings is 3. The Labute approximate surface area is 165 Å². The van der Waals surface area contributed by atoms with Crippen LogP contribution in [0.25, 0.3) is 22.0 Å². The van der Waals surface area contributed by atoms with Gasteiger partial charge in [-0.25, -0.2) is 4.57 Å². The Morgan fingerprint density at radius 3 is 2.46 bits per heavy atom. The molecule has 0 saturated heterocycles. The van der Waals surface area contributed by atoms with Gasteiger partial charge in [-0.05, 0) is 41.1 Å². The molecule has 2 nitrogen and oxygen atoms in total. The van der Waals surface area contributed by atoms with Crippen LogP contribution in [0.4, 0.5) is 17.1 Å². The number of pyridine rings is 1. The number of hydrogen-bond acceptors (Lipinski definition) is 1. The minimum absolute atomic E-state index is 0.0381. The van der Waals surface area contributed by atoms with E-state index in [1.54, 1.807) is 0 Å². The molecular formula is C26H23N2+. The molecule has 0 unspecified atom stereocenters. The summed E-state index contributed by atoms with van der Waals surface area (Å²) in [5.41, 5.74) is 10.7. The van der Waals surface area contributed by atoms with Crippen molar-refractivity contribution in [2.24, 2.45) is 7.05 Å². The lowest BCUT2D eigenvalue weighted by molar-refractivity contribution is -0.659. The molecule has 28 heavy (non-hydrogen) atoms. The molecule has 2 aliphatic heterocycles. The maximum atomic E-state index is 2.51. The van der Waals surface area contributed by atoms with Crippen LogP contribution in [0.2, 0.25) is 0 Å². The molecule has 0 radical (unpaired) electrons. The summed E-state index contributed by atoms with van der Waals surface area (Å²) in [6.07, 6.45) is 2.19. The monoisotopic (exact) mass is 363 g/mol. The first-order chi connectivity index (χ1) is 13.5. The summed E-state index contributed by atoms with van der Waals surface area (Å²) >= 11 is 0. The molecule has 0 fully saturated rings. The summed E-state index contributed by atoms with van der Waals surface area (Å²) in [6.45, 7) is 6.94. The Balaban J connectivity index is 1.92. The van der Waals surface area contributed by atoms with Gasteiger partial charge in [0, 0.05) is 11.5 Å². The number of aryl methyl sites for hydroxylation is 2. The molecule has 136 valence electrons. The Bertz CT molecular complexity index is 1310. The van der Waals surface area contributed by atoms with Gasteiger partial charge in [-0.2, -0.15) is 0 Å². The molecule has 4 aromatic rings. The van der Waals surface area contributed by atoms with E-state index in [1.165, 1.54) is 55.8 Å². The van der Waals surface area contributed by atoms with Crippen LogP contribution in [-0.2, 0) is 12.5 Å². The molecule has 0 atom stereocenters. The molecule has 0 N–H and O–H groups in total. The summed E-state index contributed by atoms with van der Waals surface area (Å²) < 4.78 is 2.29. The SMILES string of the molecule is Cc1cccc2c1-c1c3c4c(ccc3cc[n+]1C)C(C)(C)c1ccccc1N24. The molecule has 0 amide bonds. The third kappa shape index (κ3) is 1.71. The van der Waals surface area contributed by atoms with Crippen molar-refractivity contribution in [2.45, 2.75) is 26.2 Å². The summed E-state index contributed by atoms with van der Waals surface area (Å²) in [5.74, 6) is 0. The predicted molar refractivity (Wildman–Crippen MR) is 116 cm³/mol. The van der Waals surface area contributed by atoms with Crippen LogP contribution in [0.3, 0.4) is 0 Å². The van der Waals surface area contributed by atoms with E-state index in [0.717, 1.165) is 0 Å². The second-order valence-corrected chi connectivity index (χ2v) is 8.65. The number of rotatable bonds is 0. The van der Waals surface area contributed by atoms with Gasteiger partial charge in [0.2, 0.25) is 5.69 Å². The highest BCUT2D eigenvalue weighted by molar-refractivity contribution is 6.14. The average molecular weight is 363 g/mol. The highest BCUT2D eigenvalue weighted by Gasteiger charge is 2.42. The van der Waals surface area contributed by atoms with Crippen LogP contribution in [-0.4, -0.2) is 0 Å². The summed E-state index contributed by atoms with van der Waals surface area (Å²) in [5, 5.41) is 2.67. The van der Waals surface area contributed by atoms with E-state index in [2.05, 4.69) is 104 Å². The second-order valence-electron chi connectivity index (χ2n) is 8.65. The van der Waals surface area contributed by atoms with Gasteiger partial charge in [-0.15, -0.1) is 0 Å². The zero-order chi connectivity index (χ0) is 19.2. The third-order valence-corrected chi connectivity index (χ3v) is 6.72. The van der Waals surface area contributed by atoms with Crippen LogP contribution in [0, 0.1) is 6.92 Å². The fourth-order valence-corrected chi connectivity index (χ4v) is 5.34. The number of anilines is 3. The van der Waals surface area contributed by atoms with Gasteiger partial charge in [-0.3, -0.25) is 0 Å². The predicted octanol–water partition coefficient (Wildman–Crippen LogP) is 6.06. The standard InChI is InChI=1S/C26H23N2/c1-16-8-7-11-21-22(16)25-23-17(14-15-27(25)4)12-13-19-24(23)28(21)20-10-6-5-9-18(20)26(19,2)3/h5-15H,1-4H3/q+1. The number of fused-ring (bicyclic) bond motifs is 5. The van der Waals surface area contributed by atoms with Crippen molar-refractivity contribution in [1.29, 1.82) is 0 Å². The second kappa shape index (κ2) is 5.02. The van der Waals surface area contributed by atoms with Crippen LogP contribution in [0.1, 0.15) is 30.5 Å². The van der Waals surface area contributed by atoms with Gasteiger partial charge in [0.1, 0.15) is 7.05 Å². The lowest BCUT2D eigenvalue weighted by Crippen LogP contribution is -2.36. The fourth-order valence-electron chi connectivity index (χ4n) is 5.34. The van der Waals surface area contributed by atoms with Gasteiger partial charge >= 0.3 is 0 Å². The van der Waals surface area contributed by atoms with Crippen LogP contribution in [0.5, 0.6) is 0 Å². The first-order valence-electron chi connectivity index (χ1n) is 9.95. The lowest BCUT2D eigenvalue weighted by atomic mass is 9.71. The van der Waals surface area contributed by atoms with Gasteiger partial charge in [0.15, 0.2) is 6.20 Å². The summed E-state index contributed by atoms with van der Waals surface area (Å²) in [4.78, 5) is 2.51. The summed E-state index contributed by atoms with van der Waals surface area (Å²) in [6, 6.07) is 22.5. The quantitative estimate of drug-likeness (QED) is 0.303. The van der Waals surface area contributed by atoms with E-state index in [-0.39, 0.29) is 5.41 Å². The highest BCUT2D eigenvalue weighted by Crippen LogP contribution is 2.59. The molecule has 2 heteroatoms. The average Bonchev–Trinajstić information content (AvgIpc) is 2.69. The molecule has 0 aliphatic carbocycles. The topological polar surface area (TPSA) is 7.12 Å². The third-order valence-electron chi connectivity index (χ3n) is 6.72. The summed E-state index contributed by atoms with van der Waals surface area (Å²) in [7, 11) is 2.17. The van der Waals surface area contributed by atoms with E-state index in [9.17, 15) is 0 Å². The largest absolute Gasteiger partial charge is 0.308 e. The smallest absolute Gasteiger partial charge is 0.224 e. The van der Waals surface area contributed by atoms with Crippen LogP contribution >= 0.6 is 0 Å². The van der Waals surface area contributed by atoms with E-state index in [4.69, 9.17) is 0 Å². The molecular weight excluding hydrogens is 340 g/mol. The van der Waals surface area contributed by atoms with Crippen molar-refractivity contribution >= 4 is 27.8 Å². The highest BCUT2D eigenvalue weighted by atomic mass is 15.2. The zero-order valence-electron chi connectivity index (χ0n) is 16.7. The maximum Gasteiger partial charge on any atom is 0.224 e. The molecule has 6 rings (SSSR count). The van der Waals surface area contributed by atoms with E-state index < -0.39 is 0 Å². The van der Waals surface area contributed by atoms with Crippen molar-refractivity contribution in [2.75, 3.05) is 4.90 Å². The Morgan fingerprint density at radius 2 is 1.61 bits per heavy atom. The van der Waals surface area contributed by atoms with Gasteiger partial charge in [-0.1, -0.05) is 56.3 Å². The maximum absolute atomic E-state index is 2.51. The van der Waals surface area contributed by atoms with Crippen molar-refractivity contribution in [1.82, 2.24) is 0 Å². The molecule has 3 heterocycles. The van der Waals surface area contributed by atoms with Crippen molar-refractivity contribution in [3.63, 3.8) is 0 Å². The van der Waals surface area contributed by atoms with Crippen LogP contribution < -0.4 is 9.47 Å². The fraction of sp³-hybridized carbons (Fsp3) is 0.192. The van der Waals surface area contributed by atoms with E-state index >= 15 is 0 Å². The molecule has 1 aromatic heterocycles. The van der Waals surface area contributed by atoms with Gasteiger partial charge in [0.05, 0.1) is 28.0 Å². The van der Waals surface area contributed by atoms with Crippen molar-refractivity contribution in [3.05, 3.63) is 83.6 Å². The normalized spacial score (nSPS) is 15.4. The molecule has 3 aromatic carbocycles. The Morgan fingerprint density at radius 1 is 0.821 bits per heavy atom. The van der Waals surface area contributed by atoms with Crippen LogP contribution in [0.15, 0.2) is 66.9 Å². The molecule has 2 aliphatic rings. The lowest BCUT2D eigenvalue weighted by Gasteiger charge is -2.44.